The molecule has 2 aliphatic heterocycles. The summed E-state index contributed by atoms with van der Waals surface area (Å²) in [5, 5.41) is 0. The number of ether oxygens (including phenoxy) is 2. The lowest BCUT2D eigenvalue weighted by Crippen LogP contribution is -2.46. The molecule has 1 aromatic rings. The molecule has 2 heterocycles. The third-order valence-corrected chi connectivity index (χ3v) is 3.64. The molecule has 0 saturated carbocycles. The summed E-state index contributed by atoms with van der Waals surface area (Å²) in [6, 6.07) is 5.95. The number of carbonyl (C=O) groups excluding carboxylic acids is 1. The fourth-order valence-corrected chi connectivity index (χ4v) is 2.70. The van der Waals surface area contributed by atoms with Gasteiger partial charge in [-0.05, 0) is 44.4 Å². The first kappa shape index (κ1) is 12.5. The van der Waals surface area contributed by atoms with E-state index < -0.39 is 0 Å². The number of carbonyl (C=O) groups is 1. The zero-order valence-corrected chi connectivity index (χ0v) is 11.4. The summed E-state index contributed by atoms with van der Waals surface area (Å²) in [6.45, 7) is 5.29. The van der Waals surface area contributed by atoms with Gasteiger partial charge in [-0.2, -0.15) is 0 Å². The summed E-state index contributed by atoms with van der Waals surface area (Å²) < 4.78 is 11.3. The average Bonchev–Trinajstić information content (AvgIpc) is 2.91. The first-order valence-electron chi connectivity index (χ1n) is 6.85. The summed E-state index contributed by atoms with van der Waals surface area (Å²) in [7, 11) is 0. The van der Waals surface area contributed by atoms with Crippen LogP contribution in [-0.2, 0) is 9.53 Å². The number of benzene rings is 1. The van der Waals surface area contributed by atoms with Crippen LogP contribution in [0.2, 0.25) is 0 Å². The van der Waals surface area contributed by atoms with Crippen LogP contribution in [0.15, 0.2) is 18.2 Å². The lowest BCUT2D eigenvalue weighted by Gasteiger charge is -2.34. The Balaban J connectivity index is 1.93. The summed E-state index contributed by atoms with van der Waals surface area (Å²) in [6.07, 6.45) is 1.53. The quantitative estimate of drug-likeness (QED) is 0.778. The fourth-order valence-electron chi connectivity index (χ4n) is 2.70. The van der Waals surface area contributed by atoms with Gasteiger partial charge in [-0.3, -0.25) is 4.79 Å². The van der Waals surface area contributed by atoms with Crippen LogP contribution < -0.4 is 9.64 Å². The number of fused-ring (bicyclic) bond motifs is 1. The van der Waals surface area contributed by atoms with Gasteiger partial charge in [0.2, 0.25) is 0 Å². The van der Waals surface area contributed by atoms with E-state index in [4.69, 9.17) is 9.47 Å². The Morgan fingerprint density at radius 3 is 3.00 bits per heavy atom. The maximum absolute atomic E-state index is 12.6. The minimum absolute atomic E-state index is 0.0144. The molecule has 2 aliphatic rings. The molecule has 1 saturated heterocycles. The highest BCUT2D eigenvalue weighted by Gasteiger charge is 2.34. The number of amides is 1. The minimum atomic E-state index is -0.279. The Bertz CT molecular complexity index is 494. The van der Waals surface area contributed by atoms with Crippen molar-refractivity contribution in [1.82, 2.24) is 0 Å². The zero-order chi connectivity index (χ0) is 13.4. The Morgan fingerprint density at radius 2 is 2.26 bits per heavy atom. The minimum Gasteiger partial charge on any atom is -0.487 e. The summed E-state index contributed by atoms with van der Waals surface area (Å²) in [5.41, 5.74) is 2.00. The second kappa shape index (κ2) is 4.85. The predicted molar refractivity (Wildman–Crippen MR) is 72.6 cm³/mol. The van der Waals surface area contributed by atoms with Crippen LogP contribution in [0.3, 0.4) is 0 Å². The van der Waals surface area contributed by atoms with E-state index in [0.717, 1.165) is 29.8 Å². The summed E-state index contributed by atoms with van der Waals surface area (Å²) in [5.74, 6) is 0.857. The van der Waals surface area contributed by atoms with Crippen molar-refractivity contribution in [3.05, 3.63) is 23.8 Å². The van der Waals surface area contributed by atoms with Crippen LogP contribution in [0.4, 0.5) is 5.69 Å². The van der Waals surface area contributed by atoms with Crippen molar-refractivity contribution in [1.29, 1.82) is 0 Å². The molecule has 0 aliphatic carbocycles. The van der Waals surface area contributed by atoms with Crippen LogP contribution >= 0.6 is 0 Å². The van der Waals surface area contributed by atoms with Gasteiger partial charge in [0.05, 0.1) is 12.2 Å². The molecule has 102 valence electrons. The van der Waals surface area contributed by atoms with Crippen molar-refractivity contribution < 1.29 is 14.3 Å². The zero-order valence-electron chi connectivity index (χ0n) is 11.4. The largest absolute Gasteiger partial charge is 0.487 e. The maximum atomic E-state index is 12.6. The molecule has 1 aromatic carbocycles. The highest BCUT2D eigenvalue weighted by molar-refractivity contribution is 5.98. The van der Waals surface area contributed by atoms with E-state index in [1.807, 2.05) is 36.9 Å². The monoisotopic (exact) mass is 261 g/mol. The first-order valence-corrected chi connectivity index (χ1v) is 6.85. The third kappa shape index (κ3) is 2.32. The second-order valence-corrected chi connectivity index (χ2v) is 5.35. The highest BCUT2D eigenvalue weighted by atomic mass is 16.5. The third-order valence-electron chi connectivity index (χ3n) is 3.64. The van der Waals surface area contributed by atoms with E-state index in [-0.39, 0.29) is 18.1 Å². The molecule has 2 atom stereocenters. The number of rotatable bonds is 1. The van der Waals surface area contributed by atoms with Gasteiger partial charge >= 0.3 is 0 Å². The molecule has 0 spiro atoms. The van der Waals surface area contributed by atoms with E-state index in [0.29, 0.717) is 13.2 Å². The highest BCUT2D eigenvalue weighted by Crippen LogP contribution is 2.35. The van der Waals surface area contributed by atoms with Crippen molar-refractivity contribution in [2.45, 2.75) is 38.9 Å². The molecule has 3 rings (SSSR count). The Labute approximate surface area is 113 Å². The fraction of sp³-hybridized carbons (Fsp3) is 0.533. The molecule has 4 nitrogen and oxygen atoms in total. The second-order valence-electron chi connectivity index (χ2n) is 5.35. The molecule has 19 heavy (non-hydrogen) atoms. The van der Waals surface area contributed by atoms with Gasteiger partial charge < -0.3 is 14.4 Å². The molecule has 0 bridgehead atoms. The van der Waals surface area contributed by atoms with Crippen molar-refractivity contribution >= 4 is 11.6 Å². The predicted octanol–water partition coefficient (Wildman–Crippen LogP) is 2.29. The molecule has 1 fully saturated rings. The Kier molecular flexibility index (Phi) is 3.19. The molecule has 2 unspecified atom stereocenters. The Hall–Kier alpha value is -1.55. The number of hydrogen-bond acceptors (Lipinski definition) is 3. The van der Waals surface area contributed by atoms with E-state index in [1.54, 1.807) is 0 Å². The SMILES string of the molecule is Cc1ccc2c(c1)N(C(=O)C1CCCO1)CC(C)O2. The van der Waals surface area contributed by atoms with Gasteiger partial charge in [0.1, 0.15) is 18.0 Å². The molecule has 0 N–H and O–H groups in total. The van der Waals surface area contributed by atoms with Crippen LogP contribution in [0, 0.1) is 6.92 Å². The van der Waals surface area contributed by atoms with Crippen LogP contribution in [0.1, 0.15) is 25.3 Å². The van der Waals surface area contributed by atoms with Crippen molar-refractivity contribution in [3.63, 3.8) is 0 Å². The average molecular weight is 261 g/mol. The van der Waals surface area contributed by atoms with Gasteiger partial charge in [0.15, 0.2) is 0 Å². The molecular weight excluding hydrogens is 242 g/mol. The van der Waals surface area contributed by atoms with E-state index >= 15 is 0 Å². The number of aryl methyl sites for hydroxylation is 1. The molecule has 4 heteroatoms. The van der Waals surface area contributed by atoms with Crippen molar-refractivity contribution in [3.8, 4) is 5.75 Å². The van der Waals surface area contributed by atoms with Gasteiger partial charge in [0.25, 0.3) is 5.91 Å². The number of hydrogen-bond donors (Lipinski definition) is 0. The van der Waals surface area contributed by atoms with Gasteiger partial charge in [-0.25, -0.2) is 0 Å². The van der Waals surface area contributed by atoms with Crippen LogP contribution in [-0.4, -0.2) is 31.3 Å². The maximum Gasteiger partial charge on any atom is 0.256 e. The molecule has 0 aromatic heterocycles. The lowest BCUT2D eigenvalue weighted by atomic mass is 10.1. The van der Waals surface area contributed by atoms with E-state index in [1.165, 1.54) is 0 Å². The van der Waals surface area contributed by atoms with E-state index in [9.17, 15) is 4.79 Å². The molecule has 1 amide bonds. The Morgan fingerprint density at radius 1 is 1.42 bits per heavy atom. The van der Waals surface area contributed by atoms with Gasteiger partial charge in [-0.1, -0.05) is 6.07 Å². The van der Waals surface area contributed by atoms with Crippen LogP contribution in [0.5, 0.6) is 5.75 Å². The van der Waals surface area contributed by atoms with Gasteiger partial charge in [-0.15, -0.1) is 0 Å². The first-order chi connectivity index (χ1) is 9.15. The summed E-state index contributed by atoms with van der Waals surface area (Å²) >= 11 is 0. The molecular formula is C15H19NO3. The number of anilines is 1. The normalized spacial score (nSPS) is 25.9. The van der Waals surface area contributed by atoms with Crippen molar-refractivity contribution in [2.24, 2.45) is 0 Å². The topological polar surface area (TPSA) is 38.8 Å². The van der Waals surface area contributed by atoms with Crippen LogP contribution in [0.25, 0.3) is 0 Å². The standard InChI is InChI=1S/C15H19NO3/c1-10-5-6-13-12(8-10)16(9-11(2)19-13)15(17)14-4-3-7-18-14/h5-6,8,11,14H,3-4,7,9H2,1-2H3. The summed E-state index contributed by atoms with van der Waals surface area (Å²) in [4.78, 5) is 14.4. The van der Waals surface area contributed by atoms with Crippen molar-refractivity contribution in [2.75, 3.05) is 18.1 Å². The lowest BCUT2D eigenvalue weighted by molar-refractivity contribution is -0.127. The van der Waals surface area contributed by atoms with Gasteiger partial charge in [0, 0.05) is 6.61 Å². The smallest absolute Gasteiger partial charge is 0.256 e. The number of nitrogens with zero attached hydrogens (tertiary/aromatic N) is 1. The van der Waals surface area contributed by atoms with E-state index in [2.05, 4.69) is 0 Å². The molecule has 0 radical (unpaired) electrons.